The molecule has 9 heteroatoms. The van der Waals surface area contributed by atoms with E-state index in [4.69, 9.17) is 5.73 Å². The molecular formula is C18H23N5O3S. The van der Waals surface area contributed by atoms with Gasteiger partial charge in [-0.25, -0.2) is 23.1 Å². The number of aliphatic hydroxyl groups excluding tert-OH is 1. The molecule has 4 N–H and O–H groups in total. The van der Waals surface area contributed by atoms with E-state index in [2.05, 4.69) is 14.7 Å². The monoisotopic (exact) mass is 389 g/mol. The predicted molar refractivity (Wildman–Crippen MR) is 105 cm³/mol. The van der Waals surface area contributed by atoms with Crippen molar-refractivity contribution in [3.63, 3.8) is 0 Å². The first-order chi connectivity index (χ1) is 12.8. The molecule has 0 bridgehead atoms. The van der Waals surface area contributed by atoms with Crippen molar-refractivity contribution in [1.29, 1.82) is 0 Å². The van der Waals surface area contributed by atoms with Crippen LogP contribution in [0.15, 0.2) is 24.3 Å². The first-order valence-corrected chi connectivity index (χ1v) is 10.8. The molecule has 2 aromatic heterocycles. The van der Waals surface area contributed by atoms with Gasteiger partial charge in [0.2, 0.25) is 10.0 Å². The Morgan fingerprint density at radius 3 is 2.63 bits per heavy atom. The summed E-state index contributed by atoms with van der Waals surface area (Å²) in [6.07, 6.45) is 4.57. The predicted octanol–water partition coefficient (Wildman–Crippen LogP) is 1.52. The highest BCUT2D eigenvalue weighted by Crippen LogP contribution is 2.35. The Kier molecular flexibility index (Phi) is 4.32. The van der Waals surface area contributed by atoms with Gasteiger partial charge in [-0.15, -0.1) is 0 Å². The number of anilines is 1. The van der Waals surface area contributed by atoms with Crippen LogP contribution in [0, 0.1) is 0 Å². The first-order valence-electron chi connectivity index (χ1n) is 8.95. The molecule has 0 saturated heterocycles. The van der Waals surface area contributed by atoms with E-state index in [1.807, 2.05) is 28.8 Å². The number of nitrogens with two attached hydrogens (primary N) is 1. The van der Waals surface area contributed by atoms with Gasteiger partial charge in [-0.3, -0.25) is 0 Å². The molecule has 8 nitrogen and oxygen atoms in total. The Balaban J connectivity index is 1.95. The lowest BCUT2D eigenvalue weighted by molar-refractivity contribution is 0.256. The number of fused-ring (bicyclic) bond motifs is 3. The van der Waals surface area contributed by atoms with Gasteiger partial charge in [-0.2, -0.15) is 0 Å². The number of para-hydroxylation sites is 1. The highest BCUT2D eigenvalue weighted by Gasteiger charge is 2.38. The first kappa shape index (κ1) is 18.1. The summed E-state index contributed by atoms with van der Waals surface area (Å²) in [5.41, 5.74) is 7.58. The van der Waals surface area contributed by atoms with Gasteiger partial charge in [0.1, 0.15) is 17.9 Å². The molecule has 0 spiro atoms. The minimum absolute atomic E-state index is 0.266. The van der Waals surface area contributed by atoms with E-state index in [-0.39, 0.29) is 6.61 Å². The molecule has 0 amide bonds. The van der Waals surface area contributed by atoms with Crippen LogP contribution >= 0.6 is 0 Å². The second-order valence-corrected chi connectivity index (χ2v) is 9.09. The number of hydrogen-bond donors (Lipinski definition) is 3. The van der Waals surface area contributed by atoms with Crippen molar-refractivity contribution in [2.75, 3.05) is 12.0 Å². The zero-order valence-corrected chi connectivity index (χ0v) is 16.0. The van der Waals surface area contributed by atoms with Crippen molar-refractivity contribution in [3.8, 4) is 0 Å². The maximum atomic E-state index is 12.0. The van der Waals surface area contributed by atoms with Crippen molar-refractivity contribution in [2.45, 2.75) is 44.4 Å². The van der Waals surface area contributed by atoms with Crippen LogP contribution in [-0.4, -0.2) is 39.9 Å². The average Bonchev–Trinajstić information content (AvgIpc) is 3.19. The molecule has 0 radical (unpaired) electrons. The van der Waals surface area contributed by atoms with Crippen LogP contribution < -0.4 is 10.5 Å². The number of imidazole rings is 1. The molecule has 0 aliphatic heterocycles. The van der Waals surface area contributed by atoms with E-state index in [0.29, 0.717) is 23.7 Å². The van der Waals surface area contributed by atoms with Gasteiger partial charge in [-0.1, -0.05) is 31.0 Å². The lowest BCUT2D eigenvalue weighted by Crippen LogP contribution is -2.49. The van der Waals surface area contributed by atoms with E-state index >= 15 is 0 Å². The van der Waals surface area contributed by atoms with E-state index in [9.17, 15) is 13.5 Å². The fourth-order valence-corrected chi connectivity index (χ4v) is 5.29. The maximum absolute atomic E-state index is 12.0. The molecule has 27 heavy (non-hydrogen) atoms. The summed E-state index contributed by atoms with van der Waals surface area (Å²) in [5, 5.41) is 10.8. The van der Waals surface area contributed by atoms with Gasteiger partial charge in [0.05, 0.1) is 22.8 Å². The average molecular weight is 389 g/mol. The Labute approximate surface area is 157 Å². The normalized spacial score (nSPS) is 17.1. The Bertz CT molecular complexity index is 1120. The third-order valence-corrected chi connectivity index (χ3v) is 6.06. The number of aromatic nitrogens is 3. The van der Waals surface area contributed by atoms with Crippen molar-refractivity contribution >= 4 is 37.8 Å². The fourth-order valence-electron chi connectivity index (χ4n) is 4.24. The fraction of sp³-hybridized carbons (Fsp3) is 0.444. The quantitative estimate of drug-likeness (QED) is 0.608. The molecule has 1 fully saturated rings. The molecule has 0 atom stereocenters. The van der Waals surface area contributed by atoms with Crippen molar-refractivity contribution < 1.29 is 13.5 Å². The second-order valence-electron chi connectivity index (χ2n) is 7.35. The van der Waals surface area contributed by atoms with Crippen LogP contribution in [0.2, 0.25) is 0 Å². The van der Waals surface area contributed by atoms with Gasteiger partial charge in [0, 0.05) is 11.9 Å². The zero-order chi connectivity index (χ0) is 19.2. The highest BCUT2D eigenvalue weighted by molar-refractivity contribution is 7.88. The Morgan fingerprint density at radius 2 is 1.96 bits per heavy atom. The summed E-state index contributed by atoms with van der Waals surface area (Å²) in [6.45, 7) is 0.122. The maximum Gasteiger partial charge on any atom is 0.209 e. The van der Waals surface area contributed by atoms with Crippen LogP contribution in [0.25, 0.3) is 21.9 Å². The van der Waals surface area contributed by atoms with Crippen LogP contribution in [0.3, 0.4) is 0 Å². The van der Waals surface area contributed by atoms with Gasteiger partial charge in [0.25, 0.3) is 0 Å². The molecule has 1 saturated carbocycles. The Morgan fingerprint density at radius 1 is 1.26 bits per heavy atom. The molecule has 1 aliphatic rings. The molecule has 0 unspecified atom stereocenters. The summed E-state index contributed by atoms with van der Waals surface area (Å²) >= 11 is 0. The van der Waals surface area contributed by atoms with Crippen LogP contribution in [0.1, 0.15) is 31.5 Å². The van der Waals surface area contributed by atoms with Gasteiger partial charge in [-0.05, 0) is 18.9 Å². The van der Waals surface area contributed by atoms with Gasteiger partial charge >= 0.3 is 0 Å². The zero-order valence-electron chi connectivity index (χ0n) is 15.1. The van der Waals surface area contributed by atoms with Crippen molar-refractivity contribution in [3.05, 3.63) is 30.1 Å². The minimum Gasteiger partial charge on any atom is -0.388 e. The molecule has 2 heterocycles. The van der Waals surface area contributed by atoms with Crippen LogP contribution in [0.4, 0.5) is 5.82 Å². The second kappa shape index (κ2) is 6.43. The lowest BCUT2D eigenvalue weighted by atomic mass is 9.99. The minimum atomic E-state index is -3.38. The van der Waals surface area contributed by atoms with E-state index in [1.165, 1.54) is 6.26 Å². The number of sulfonamides is 1. The number of rotatable bonds is 5. The third-order valence-electron chi connectivity index (χ3n) is 5.25. The number of hydrogen-bond acceptors (Lipinski definition) is 6. The van der Waals surface area contributed by atoms with Gasteiger partial charge < -0.3 is 15.4 Å². The van der Waals surface area contributed by atoms with E-state index in [0.717, 1.165) is 42.1 Å². The third kappa shape index (κ3) is 3.26. The van der Waals surface area contributed by atoms with Gasteiger partial charge in [0.15, 0.2) is 5.82 Å². The molecule has 144 valence electrons. The van der Waals surface area contributed by atoms with Crippen LogP contribution in [-0.2, 0) is 23.2 Å². The molecule has 3 aromatic rings. The largest absolute Gasteiger partial charge is 0.388 e. The Hall–Kier alpha value is -2.23. The van der Waals surface area contributed by atoms with E-state index < -0.39 is 15.6 Å². The number of nitrogens with zero attached hydrogens (tertiary/aromatic N) is 3. The topological polar surface area (TPSA) is 123 Å². The number of nitrogen functional groups attached to an aromatic ring is 1. The lowest BCUT2D eigenvalue weighted by Gasteiger charge is -2.30. The van der Waals surface area contributed by atoms with Crippen LogP contribution in [0.5, 0.6) is 0 Å². The molecule has 1 aromatic carbocycles. The van der Waals surface area contributed by atoms with Crippen molar-refractivity contribution in [1.82, 2.24) is 19.3 Å². The smallest absolute Gasteiger partial charge is 0.209 e. The standard InChI is InChI=1S/C18H23N5O3S/c1-27(25,26)22-18(8-4-5-9-18)11-23-14(10-24)21-15-16(23)12-6-2-3-7-13(12)20-17(15)19/h2-3,6-7,22,24H,4-5,8-11H2,1H3,(H2,19,20). The number of benzene rings is 1. The highest BCUT2D eigenvalue weighted by atomic mass is 32.2. The number of pyridine rings is 1. The summed E-state index contributed by atoms with van der Waals surface area (Å²) < 4.78 is 28.7. The molecule has 1 aliphatic carbocycles. The number of aliphatic hydroxyl groups is 1. The summed E-state index contributed by atoms with van der Waals surface area (Å²) in [7, 11) is -3.38. The summed E-state index contributed by atoms with van der Waals surface area (Å²) in [5.74, 6) is 0.755. The SMILES string of the molecule is CS(=O)(=O)NC1(Cn2c(CO)nc3c(N)nc4ccccc4c32)CCCC1. The summed E-state index contributed by atoms with van der Waals surface area (Å²) in [4.78, 5) is 8.91. The van der Waals surface area contributed by atoms with Crippen molar-refractivity contribution in [2.24, 2.45) is 0 Å². The summed E-state index contributed by atoms with van der Waals surface area (Å²) in [6, 6.07) is 7.61. The van der Waals surface area contributed by atoms with E-state index in [1.54, 1.807) is 0 Å². The molecule has 4 rings (SSSR count). The number of nitrogens with one attached hydrogen (secondary N) is 1. The molecular weight excluding hydrogens is 366 g/mol.